The first-order valence-corrected chi connectivity index (χ1v) is 7.94. The number of esters is 1. The third-order valence-electron chi connectivity index (χ3n) is 4.06. The number of ether oxygens (including phenoxy) is 1. The van der Waals surface area contributed by atoms with Crippen molar-refractivity contribution >= 4 is 34.2 Å². The number of pyridine rings is 1. The molecule has 5 heteroatoms. The number of hydrogen-bond donors (Lipinski definition) is 1. The van der Waals surface area contributed by atoms with E-state index in [2.05, 4.69) is 4.98 Å². The molecule has 1 aliphatic rings. The van der Waals surface area contributed by atoms with Crippen molar-refractivity contribution in [1.29, 1.82) is 0 Å². The SMILES string of the molecule is COC(=O)CC1(CSc2ccc3cnccc3c2N)CC1. The molecule has 0 amide bonds. The Balaban J connectivity index is 1.74. The van der Waals surface area contributed by atoms with Crippen LogP contribution in [0.1, 0.15) is 19.3 Å². The molecule has 0 aliphatic heterocycles. The smallest absolute Gasteiger partial charge is 0.306 e. The van der Waals surface area contributed by atoms with Gasteiger partial charge in [-0.15, -0.1) is 11.8 Å². The minimum atomic E-state index is -0.120. The van der Waals surface area contributed by atoms with Crippen LogP contribution >= 0.6 is 11.8 Å². The maximum absolute atomic E-state index is 11.5. The van der Waals surface area contributed by atoms with E-state index in [1.165, 1.54) is 7.11 Å². The van der Waals surface area contributed by atoms with Crippen molar-refractivity contribution in [3.8, 4) is 0 Å². The fourth-order valence-electron chi connectivity index (χ4n) is 2.46. The molecule has 1 heterocycles. The summed E-state index contributed by atoms with van der Waals surface area (Å²) in [6.45, 7) is 0. The maximum atomic E-state index is 11.5. The Morgan fingerprint density at radius 1 is 1.43 bits per heavy atom. The summed E-state index contributed by atoms with van der Waals surface area (Å²) in [5.74, 6) is 0.786. The van der Waals surface area contributed by atoms with Gasteiger partial charge >= 0.3 is 5.97 Å². The number of carbonyl (C=O) groups excluding carboxylic acids is 1. The van der Waals surface area contributed by atoms with Gasteiger partial charge in [0.05, 0.1) is 19.2 Å². The summed E-state index contributed by atoms with van der Waals surface area (Å²) in [6.07, 6.45) is 6.26. The number of rotatable bonds is 5. The minimum absolute atomic E-state index is 0.109. The highest BCUT2D eigenvalue weighted by molar-refractivity contribution is 7.99. The van der Waals surface area contributed by atoms with Gasteiger partial charge < -0.3 is 10.5 Å². The molecule has 0 bridgehead atoms. The molecule has 2 N–H and O–H groups in total. The number of thioether (sulfide) groups is 1. The van der Waals surface area contributed by atoms with E-state index in [-0.39, 0.29) is 11.4 Å². The lowest BCUT2D eigenvalue weighted by Gasteiger charge is -2.14. The van der Waals surface area contributed by atoms with Crippen molar-refractivity contribution in [2.75, 3.05) is 18.6 Å². The van der Waals surface area contributed by atoms with Crippen LogP contribution in [-0.4, -0.2) is 23.8 Å². The van der Waals surface area contributed by atoms with E-state index < -0.39 is 0 Å². The second kappa shape index (κ2) is 5.56. The van der Waals surface area contributed by atoms with Gasteiger partial charge in [-0.05, 0) is 30.4 Å². The molecule has 21 heavy (non-hydrogen) atoms. The van der Waals surface area contributed by atoms with E-state index >= 15 is 0 Å². The number of methoxy groups -OCH3 is 1. The maximum Gasteiger partial charge on any atom is 0.306 e. The van der Waals surface area contributed by atoms with Crippen molar-refractivity contribution < 1.29 is 9.53 Å². The summed E-state index contributed by atoms with van der Waals surface area (Å²) in [7, 11) is 1.45. The molecule has 1 saturated carbocycles. The van der Waals surface area contributed by atoms with Crippen LogP contribution in [0.15, 0.2) is 35.5 Å². The number of nitrogens with two attached hydrogens (primary N) is 1. The van der Waals surface area contributed by atoms with Gasteiger partial charge in [-0.3, -0.25) is 9.78 Å². The van der Waals surface area contributed by atoms with Crippen LogP contribution in [0.3, 0.4) is 0 Å². The predicted molar refractivity (Wildman–Crippen MR) is 85.2 cm³/mol. The molecule has 1 fully saturated rings. The first kappa shape index (κ1) is 14.2. The number of anilines is 1. The summed E-state index contributed by atoms with van der Waals surface area (Å²) in [6, 6.07) is 6.02. The summed E-state index contributed by atoms with van der Waals surface area (Å²) in [5.41, 5.74) is 7.16. The van der Waals surface area contributed by atoms with Gasteiger partial charge in [0.2, 0.25) is 0 Å². The third-order valence-corrected chi connectivity index (χ3v) is 5.48. The highest BCUT2D eigenvalue weighted by Crippen LogP contribution is 2.52. The molecular formula is C16H18N2O2S. The number of nitrogens with zero attached hydrogens (tertiary/aromatic N) is 1. The predicted octanol–water partition coefficient (Wildman–Crippen LogP) is 3.25. The van der Waals surface area contributed by atoms with Crippen LogP contribution in [-0.2, 0) is 9.53 Å². The lowest BCUT2D eigenvalue weighted by Crippen LogP contribution is -2.13. The Bertz CT molecular complexity index is 683. The Morgan fingerprint density at radius 2 is 2.24 bits per heavy atom. The zero-order valence-corrected chi connectivity index (χ0v) is 12.8. The molecule has 1 aliphatic carbocycles. The van der Waals surface area contributed by atoms with Crippen molar-refractivity contribution in [2.45, 2.75) is 24.2 Å². The summed E-state index contributed by atoms with van der Waals surface area (Å²) in [5, 5.41) is 2.09. The molecule has 0 spiro atoms. The van der Waals surface area contributed by atoms with Crippen LogP contribution < -0.4 is 5.73 Å². The van der Waals surface area contributed by atoms with Crippen LogP contribution in [0.4, 0.5) is 5.69 Å². The Labute approximate surface area is 128 Å². The third kappa shape index (κ3) is 2.97. The monoisotopic (exact) mass is 302 g/mol. The molecule has 0 unspecified atom stereocenters. The van der Waals surface area contributed by atoms with Gasteiger partial charge in [-0.2, -0.15) is 0 Å². The second-order valence-electron chi connectivity index (χ2n) is 5.62. The average Bonchev–Trinajstić information content (AvgIpc) is 3.26. The van der Waals surface area contributed by atoms with Crippen molar-refractivity contribution in [1.82, 2.24) is 4.98 Å². The number of nitrogen functional groups attached to an aromatic ring is 1. The van der Waals surface area contributed by atoms with Crippen LogP contribution in [0.2, 0.25) is 0 Å². The first-order chi connectivity index (χ1) is 10.1. The Hall–Kier alpha value is -1.75. The molecule has 1 aromatic carbocycles. The second-order valence-corrected chi connectivity index (χ2v) is 6.63. The van der Waals surface area contributed by atoms with Gasteiger partial charge in [-0.1, -0.05) is 6.07 Å². The van der Waals surface area contributed by atoms with Crippen molar-refractivity contribution in [2.24, 2.45) is 5.41 Å². The average molecular weight is 302 g/mol. The first-order valence-electron chi connectivity index (χ1n) is 6.95. The largest absolute Gasteiger partial charge is 0.469 e. The highest BCUT2D eigenvalue weighted by Gasteiger charge is 2.44. The zero-order valence-electron chi connectivity index (χ0n) is 12.0. The molecule has 0 radical (unpaired) electrons. The number of fused-ring (bicyclic) bond motifs is 1. The fraction of sp³-hybridized carbons (Fsp3) is 0.375. The molecule has 4 nitrogen and oxygen atoms in total. The molecule has 1 aromatic heterocycles. The van der Waals surface area contributed by atoms with Gasteiger partial charge in [0.1, 0.15) is 0 Å². The van der Waals surface area contributed by atoms with Gasteiger partial charge in [0.25, 0.3) is 0 Å². The number of benzene rings is 1. The standard InChI is InChI=1S/C16H18N2O2S/c1-20-14(19)8-16(5-6-16)10-21-13-3-2-11-9-18-7-4-12(11)15(13)17/h2-4,7,9H,5-6,8,10,17H2,1H3. The van der Waals surface area contributed by atoms with Crippen LogP contribution in [0.25, 0.3) is 10.8 Å². The molecule has 2 aromatic rings. The normalized spacial score (nSPS) is 15.9. The van der Waals surface area contributed by atoms with Gasteiger partial charge in [0.15, 0.2) is 0 Å². The number of aromatic nitrogens is 1. The Morgan fingerprint density at radius 3 is 2.95 bits per heavy atom. The summed E-state index contributed by atoms with van der Waals surface area (Å²) in [4.78, 5) is 16.6. The summed E-state index contributed by atoms with van der Waals surface area (Å²) >= 11 is 1.73. The molecular weight excluding hydrogens is 284 g/mol. The Kier molecular flexibility index (Phi) is 3.76. The summed E-state index contributed by atoms with van der Waals surface area (Å²) < 4.78 is 4.78. The lowest BCUT2D eigenvalue weighted by atomic mass is 10.1. The minimum Gasteiger partial charge on any atom is -0.469 e. The fourth-order valence-corrected chi connectivity index (χ4v) is 3.74. The van der Waals surface area contributed by atoms with E-state index in [1.807, 2.05) is 24.4 Å². The lowest BCUT2D eigenvalue weighted by molar-refractivity contribution is -0.141. The number of hydrogen-bond acceptors (Lipinski definition) is 5. The topological polar surface area (TPSA) is 65.2 Å². The van der Waals surface area contributed by atoms with Gasteiger partial charge in [0, 0.05) is 33.8 Å². The van der Waals surface area contributed by atoms with Crippen LogP contribution in [0, 0.1) is 5.41 Å². The highest BCUT2D eigenvalue weighted by atomic mass is 32.2. The molecule has 0 atom stereocenters. The van der Waals surface area contributed by atoms with E-state index in [1.54, 1.807) is 18.0 Å². The van der Waals surface area contributed by atoms with E-state index in [0.29, 0.717) is 6.42 Å². The van der Waals surface area contributed by atoms with Crippen LogP contribution in [0.5, 0.6) is 0 Å². The van der Waals surface area contributed by atoms with E-state index in [0.717, 1.165) is 39.9 Å². The molecule has 110 valence electrons. The van der Waals surface area contributed by atoms with Crippen molar-refractivity contribution in [3.63, 3.8) is 0 Å². The van der Waals surface area contributed by atoms with Crippen molar-refractivity contribution in [3.05, 3.63) is 30.6 Å². The van der Waals surface area contributed by atoms with Gasteiger partial charge in [-0.25, -0.2) is 0 Å². The van der Waals surface area contributed by atoms with E-state index in [9.17, 15) is 4.79 Å². The van der Waals surface area contributed by atoms with E-state index in [4.69, 9.17) is 10.5 Å². The quantitative estimate of drug-likeness (QED) is 0.522. The molecule has 0 saturated heterocycles. The number of carbonyl (C=O) groups is 1. The molecule has 3 rings (SSSR count). The zero-order chi connectivity index (χ0) is 14.9.